The fourth-order valence-electron chi connectivity index (χ4n) is 1.30. The lowest BCUT2D eigenvalue weighted by Crippen LogP contribution is -2.04. The minimum atomic E-state index is -1.41. The van der Waals surface area contributed by atoms with Crippen molar-refractivity contribution in [1.82, 2.24) is 0 Å². The fourth-order valence-corrected chi connectivity index (χ4v) is 1.30. The Bertz CT molecular complexity index is 460. The van der Waals surface area contributed by atoms with Gasteiger partial charge in [0.15, 0.2) is 17.4 Å². The number of carbonyl (C=O) groups is 1. The second-order valence-corrected chi connectivity index (χ2v) is 3.54. The molecule has 0 aliphatic heterocycles. The minimum absolute atomic E-state index is 0.0714. The predicted octanol–water partition coefficient (Wildman–Crippen LogP) is 2.74. The van der Waals surface area contributed by atoms with Gasteiger partial charge >= 0.3 is 5.97 Å². The highest BCUT2D eigenvalue weighted by atomic mass is 19.1. The lowest BCUT2D eigenvalue weighted by molar-refractivity contribution is 0.0695. The van der Waals surface area contributed by atoms with Gasteiger partial charge in [0.05, 0.1) is 18.2 Å². The van der Waals surface area contributed by atoms with Crippen molar-refractivity contribution in [3.63, 3.8) is 0 Å². The second kappa shape index (κ2) is 6.55. The topological polar surface area (TPSA) is 70.3 Å². The molecule has 0 aromatic heterocycles. The maximum Gasteiger partial charge on any atom is 0.335 e. The minimum Gasteiger partial charge on any atom is -0.488 e. The monoisotopic (exact) mass is 255 g/mol. The number of benzene rings is 1. The van der Waals surface area contributed by atoms with Crippen molar-refractivity contribution in [2.45, 2.75) is 19.3 Å². The van der Waals surface area contributed by atoms with Gasteiger partial charge in [-0.25, -0.2) is 13.6 Å². The van der Waals surface area contributed by atoms with Crippen LogP contribution in [-0.4, -0.2) is 17.7 Å². The van der Waals surface area contributed by atoms with Crippen molar-refractivity contribution in [3.8, 4) is 11.8 Å². The number of nitrogens with zero attached hydrogens (tertiary/aromatic N) is 1. The summed E-state index contributed by atoms with van der Waals surface area (Å²) in [6.07, 6.45) is 1.42. The Hall–Kier alpha value is -2.16. The van der Waals surface area contributed by atoms with Gasteiger partial charge in [-0.3, -0.25) is 0 Å². The number of carboxylic acid groups (broad SMARTS) is 1. The fraction of sp³-hybridized carbons (Fsp3) is 0.333. The van der Waals surface area contributed by atoms with E-state index in [1.165, 1.54) is 0 Å². The van der Waals surface area contributed by atoms with Crippen LogP contribution < -0.4 is 4.74 Å². The van der Waals surface area contributed by atoms with Crippen molar-refractivity contribution >= 4 is 5.97 Å². The van der Waals surface area contributed by atoms with Gasteiger partial charge in [-0.1, -0.05) is 0 Å². The summed E-state index contributed by atoms with van der Waals surface area (Å²) < 4.78 is 31.6. The Morgan fingerprint density at radius 1 is 1.33 bits per heavy atom. The quantitative estimate of drug-likeness (QED) is 0.793. The van der Waals surface area contributed by atoms with E-state index in [0.717, 1.165) is 0 Å². The molecule has 0 spiro atoms. The Kier molecular flexibility index (Phi) is 5.06. The third-order valence-corrected chi connectivity index (χ3v) is 2.17. The molecule has 0 saturated heterocycles. The van der Waals surface area contributed by atoms with Crippen molar-refractivity contribution in [2.75, 3.05) is 6.61 Å². The van der Waals surface area contributed by atoms with Gasteiger partial charge in [-0.2, -0.15) is 5.26 Å². The summed E-state index contributed by atoms with van der Waals surface area (Å²) in [7, 11) is 0. The molecule has 0 bridgehead atoms. The number of hydrogen-bond donors (Lipinski definition) is 1. The largest absolute Gasteiger partial charge is 0.488 e. The molecule has 0 amide bonds. The van der Waals surface area contributed by atoms with Gasteiger partial charge < -0.3 is 9.84 Å². The maximum absolute atomic E-state index is 13.4. The number of halogens is 2. The standard InChI is InChI=1S/C12H11F2NO3/c13-9-6-8(12(16)17)7-10(14)11(9)18-5-3-1-2-4-15/h6-7H,1-3,5H2,(H,16,17). The predicted molar refractivity (Wildman–Crippen MR) is 58.3 cm³/mol. The van der Waals surface area contributed by atoms with E-state index in [1.807, 2.05) is 6.07 Å². The number of hydrogen-bond acceptors (Lipinski definition) is 3. The van der Waals surface area contributed by atoms with E-state index in [1.54, 1.807) is 0 Å². The molecular weight excluding hydrogens is 244 g/mol. The van der Waals surface area contributed by atoms with E-state index in [-0.39, 0.29) is 6.61 Å². The molecule has 0 heterocycles. The van der Waals surface area contributed by atoms with E-state index < -0.39 is 28.9 Å². The van der Waals surface area contributed by atoms with E-state index in [0.29, 0.717) is 31.4 Å². The lowest BCUT2D eigenvalue weighted by atomic mass is 10.2. The summed E-state index contributed by atoms with van der Waals surface area (Å²) >= 11 is 0. The lowest BCUT2D eigenvalue weighted by Gasteiger charge is -2.08. The number of unbranched alkanes of at least 4 members (excludes halogenated alkanes) is 2. The molecule has 4 nitrogen and oxygen atoms in total. The summed E-state index contributed by atoms with van der Waals surface area (Å²) in [5.74, 6) is -4.09. The zero-order valence-corrected chi connectivity index (χ0v) is 9.45. The molecule has 1 rings (SSSR count). The van der Waals surface area contributed by atoms with Crippen molar-refractivity contribution < 1.29 is 23.4 Å². The third-order valence-electron chi connectivity index (χ3n) is 2.17. The highest BCUT2D eigenvalue weighted by Crippen LogP contribution is 2.23. The Morgan fingerprint density at radius 2 is 1.94 bits per heavy atom. The van der Waals surface area contributed by atoms with Crippen LogP contribution in [0.5, 0.6) is 5.75 Å². The second-order valence-electron chi connectivity index (χ2n) is 3.54. The van der Waals surface area contributed by atoms with Crippen LogP contribution in [0.3, 0.4) is 0 Å². The SMILES string of the molecule is N#CCCCCOc1c(F)cc(C(=O)O)cc1F. The van der Waals surface area contributed by atoms with Crippen LogP contribution in [0.15, 0.2) is 12.1 Å². The number of carboxylic acids is 1. The van der Waals surface area contributed by atoms with Gasteiger partial charge in [0.25, 0.3) is 0 Å². The first-order chi connectivity index (χ1) is 8.56. The molecule has 1 aromatic rings. The average molecular weight is 255 g/mol. The average Bonchev–Trinajstić information content (AvgIpc) is 2.31. The molecule has 1 aromatic carbocycles. The normalized spacial score (nSPS) is 9.83. The Labute approximate surface area is 102 Å². The number of aromatic carboxylic acids is 1. The van der Waals surface area contributed by atoms with Crippen LogP contribution >= 0.6 is 0 Å². The molecule has 0 aliphatic rings. The highest BCUT2D eigenvalue weighted by Gasteiger charge is 2.15. The number of nitriles is 1. The number of ether oxygens (including phenoxy) is 1. The first-order valence-corrected chi connectivity index (χ1v) is 5.28. The van der Waals surface area contributed by atoms with E-state index in [9.17, 15) is 13.6 Å². The molecule has 96 valence electrons. The Morgan fingerprint density at radius 3 is 2.44 bits per heavy atom. The summed E-state index contributed by atoms with van der Waals surface area (Å²) in [6, 6.07) is 3.35. The number of rotatable bonds is 6. The van der Waals surface area contributed by atoms with Gasteiger partial charge in [-0.15, -0.1) is 0 Å². The first-order valence-electron chi connectivity index (χ1n) is 5.28. The molecular formula is C12H11F2NO3. The molecule has 0 unspecified atom stereocenters. The van der Waals surface area contributed by atoms with E-state index >= 15 is 0 Å². The summed E-state index contributed by atoms with van der Waals surface area (Å²) in [6.45, 7) is 0.0714. The molecule has 1 N–H and O–H groups in total. The van der Waals surface area contributed by atoms with Crippen LogP contribution in [0.25, 0.3) is 0 Å². The van der Waals surface area contributed by atoms with Crippen LogP contribution in [0.1, 0.15) is 29.6 Å². The molecule has 0 radical (unpaired) electrons. The van der Waals surface area contributed by atoms with Gasteiger partial charge in [-0.05, 0) is 25.0 Å². The highest BCUT2D eigenvalue weighted by molar-refractivity contribution is 5.87. The smallest absolute Gasteiger partial charge is 0.335 e. The van der Waals surface area contributed by atoms with Gasteiger partial charge in [0, 0.05) is 6.42 Å². The van der Waals surface area contributed by atoms with E-state index in [4.69, 9.17) is 15.1 Å². The summed E-state index contributed by atoms with van der Waals surface area (Å²) in [5, 5.41) is 16.9. The van der Waals surface area contributed by atoms with Crippen LogP contribution in [0, 0.1) is 23.0 Å². The molecule has 0 fully saturated rings. The van der Waals surface area contributed by atoms with E-state index in [2.05, 4.69) is 0 Å². The summed E-state index contributed by atoms with van der Waals surface area (Å²) in [5.41, 5.74) is -0.471. The zero-order chi connectivity index (χ0) is 13.5. The molecule has 0 aliphatic carbocycles. The van der Waals surface area contributed by atoms with Crippen molar-refractivity contribution in [3.05, 3.63) is 29.3 Å². The first kappa shape index (κ1) is 13.9. The van der Waals surface area contributed by atoms with Crippen molar-refractivity contribution in [1.29, 1.82) is 5.26 Å². The van der Waals surface area contributed by atoms with Gasteiger partial charge in [0.2, 0.25) is 0 Å². The molecule has 0 atom stereocenters. The van der Waals surface area contributed by atoms with Crippen LogP contribution in [-0.2, 0) is 0 Å². The summed E-state index contributed by atoms with van der Waals surface area (Å²) in [4.78, 5) is 10.5. The van der Waals surface area contributed by atoms with Crippen molar-refractivity contribution in [2.24, 2.45) is 0 Å². The Balaban J connectivity index is 2.67. The maximum atomic E-state index is 13.4. The van der Waals surface area contributed by atoms with Crippen LogP contribution in [0.2, 0.25) is 0 Å². The molecule has 6 heteroatoms. The zero-order valence-electron chi connectivity index (χ0n) is 9.45. The molecule has 0 saturated carbocycles. The van der Waals surface area contributed by atoms with Gasteiger partial charge in [0.1, 0.15) is 0 Å². The van der Waals surface area contributed by atoms with Crippen LogP contribution in [0.4, 0.5) is 8.78 Å². The third kappa shape index (κ3) is 3.70. The molecule has 18 heavy (non-hydrogen) atoms.